The maximum Gasteiger partial charge on any atom is 0.307 e. The highest BCUT2D eigenvalue weighted by Gasteiger charge is 2.44. The molecule has 1 N–H and O–H groups in total. The Morgan fingerprint density at radius 1 is 1.15 bits per heavy atom. The van der Waals surface area contributed by atoms with Gasteiger partial charge in [0, 0.05) is 42.2 Å². The summed E-state index contributed by atoms with van der Waals surface area (Å²) in [5, 5.41) is 13.9. The number of carbonyl (C=O) groups excluding carboxylic acids is 2. The molecule has 2 aliphatic heterocycles. The van der Waals surface area contributed by atoms with E-state index >= 15 is 0 Å². The van der Waals surface area contributed by atoms with Gasteiger partial charge in [0.05, 0.1) is 17.9 Å². The zero-order valence-electron chi connectivity index (χ0n) is 22.7. The first kappa shape index (κ1) is 27.4. The molecule has 0 saturated heterocycles. The number of aliphatic carboxylic acids is 1. The summed E-state index contributed by atoms with van der Waals surface area (Å²) in [6.07, 6.45) is 3.21. The molecule has 1 fully saturated rings. The highest BCUT2D eigenvalue weighted by Crippen LogP contribution is 2.43. The largest absolute Gasteiger partial charge is 0.485 e. The van der Waals surface area contributed by atoms with Crippen molar-refractivity contribution in [1.82, 2.24) is 19.9 Å². The fourth-order valence-corrected chi connectivity index (χ4v) is 7.05. The van der Waals surface area contributed by atoms with Crippen molar-refractivity contribution in [3.63, 3.8) is 0 Å². The maximum absolute atomic E-state index is 14.2. The number of rotatable bonds is 7. The molecule has 0 spiro atoms. The van der Waals surface area contributed by atoms with Gasteiger partial charge in [-0.25, -0.2) is 0 Å². The standard InChI is InChI=1S/C30H31BrN4O6/c1-17-32-26(33-41-17)16-40-25-11-10-23(31)22-12-13-35(29(37)20-8-4-5-9-21(20)30(38)39)24(27(22)25)15-34-14-18-6-2-3-7-19(18)28(34)36/h2-3,6-7,10-11,20-21,24H,4-5,8-9,12-16H2,1H3,(H,38,39)/t20?,21-,24-/m1/s1. The zero-order chi connectivity index (χ0) is 28.7. The van der Waals surface area contributed by atoms with E-state index in [-0.39, 0.29) is 25.0 Å². The summed E-state index contributed by atoms with van der Waals surface area (Å²) < 4.78 is 12.2. The molecule has 3 atom stereocenters. The summed E-state index contributed by atoms with van der Waals surface area (Å²) in [6.45, 7) is 2.89. The first-order valence-electron chi connectivity index (χ1n) is 14.0. The summed E-state index contributed by atoms with van der Waals surface area (Å²) in [4.78, 5) is 47.6. The van der Waals surface area contributed by atoms with Crippen LogP contribution in [0, 0.1) is 18.8 Å². The normalized spacial score (nSPS) is 21.9. The fourth-order valence-electron chi connectivity index (χ4n) is 6.51. The number of nitrogens with zero attached hydrogens (tertiary/aromatic N) is 4. The number of fused-ring (bicyclic) bond motifs is 2. The number of halogens is 1. The molecule has 1 unspecified atom stereocenters. The van der Waals surface area contributed by atoms with Crippen molar-refractivity contribution in [3.05, 3.63) is 74.8 Å². The third-order valence-corrected chi connectivity index (χ3v) is 9.21. The SMILES string of the molecule is Cc1nc(COc2ccc(Br)c3c2[C@@H](CN2Cc4ccccc4C2=O)N(C(=O)C2CCCC[C@H]2C(=O)O)CC3)no1. The number of carboxylic acid groups (broad SMARTS) is 1. The second kappa shape index (κ2) is 11.3. The highest BCUT2D eigenvalue weighted by molar-refractivity contribution is 9.10. The van der Waals surface area contributed by atoms with Crippen molar-refractivity contribution >= 4 is 33.7 Å². The molecule has 3 aliphatic rings. The molecule has 0 radical (unpaired) electrons. The first-order valence-corrected chi connectivity index (χ1v) is 14.7. The number of ether oxygens (including phenoxy) is 1. The molecule has 2 amide bonds. The van der Waals surface area contributed by atoms with E-state index in [1.165, 1.54) is 0 Å². The van der Waals surface area contributed by atoms with Gasteiger partial charge in [0.25, 0.3) is 5.91 Å². The molecular weight excluding hydrogens is 592 g/mol. The molecule has 3 heterocycles. The number of hydrogen-bond donors (Lipinski definition) is 1. The van der Waals surface area contributed by atoms with Crippen LogP contribution in [-0.4, -0.2) is 55.9 Å². The lowest BCUT2D eigenvalue weighted by Gasteiger charge is -2.43. The summed E-state index contributed by atoms with van der Waals surface area (Å²) in [6, 6.07) is 10.8. The second-order valence-corrected chi connectivity index (χ2v) is 11.8. The minimum absolute atomic E-state index is 0.0733. The second-order valence-electron chi connectivity index (χ2n) is 10.9. The van der Waals surface area contributed by atoms with Gasteiger partial charge in [-0.1, -0.05) is 52.1 Å². The van der Waals surface area contributed by atoms with E-state index in [0.717, 1.165) is 34.0 Å². The van der Waals surface area contributed by atoms with Gasteiger partial charge in [-0.2, -0.15) is 4.98 Å². The van der Waals surface area contributed by atoms with E-state index in [1.54, 1.807) is 16.7 Å². The molecule has 10 nitrogen and oxygen atoms in total. The number of carbonyl (C=O) groups is 3. The van der Waals surface area contributed by atoms with E-state index in [2.05, 4.69) is 26.1 Å². The Morgan fingerprint density at radius 3 is 2.66 bits per heavy atom. The van der Waals surface area contributed by atoms with Gasteiger partial charge in [-0.15, -0.1) is 0 Å². The van der Waals surface area contributed by atoms with E-state index in [4.69, 9.17) is 9.26 Å². The molecule has 2 aromatic carbocycles. The van der Waals surface area contributed by atoms with Gasteiger partial charge in [-0.3, -0.25) is 14.4 Å². The molecule has 6 rings (SSSR count). The average Bonchev–Trinajstić information content (AvgIpc) is 3.54. The van der Waals surface area contributed by atoms with E-state index in [1.807, 2.05) is 36.4 Å². The van der Waals surface area contributed by atoms with Gasteiger partial charge in [0.2, 0.25) is 17.6 Å². The topological polar surface area (TPSA) is 126 Å². The van der Waals surface area contributed by atoms with Crippen LogP contribution in [0.15, 0.2) is 45.4 Å². The van der Waals surface area contributed by atoms with E-state index in [0.29, 0.717) is 55.4 Å². The highest BCUT2D eigenvalue weighted by atomic mass is 79.9. The molecule has 1 saturated carbocycles. The average molecular weight is 624 g/mol. The van der Waals surface area contributed by atoms with Crippen LogP contribution in [0.25, 0.3) is 0 Å². The van der Waals surface area contributed by atoms with Crippen molar-refractivity contribution in [1.29, 1.82) is 0 Å². The predicted octanol–water partition coefficient (Wildman–Crippen LogP) is 4.69. The number of carboxylic acids is 1. The smallest absolute Gasteiger partial charge is 0.307 e. The molecule has 0 bridgehead atoms. The van der Waals surface area contributed by atoms with Crippen LogP contribution in [0.1, 0.15) is 70.5 Å². The lowest BCUT2D eigenvalue weighted by molar-refractivity contribution is -0.153. The van der Waals surface area contributed by atoms with Crippen molar-refractivity contribution in [2.45, 2.75) is 58.2 Å². The summed E-state index contributed by atoms with van der Waals surface area (Å²) >= 11 is 3.70. The Bertz CT molecular complexity index is 1510. The Morgan fingerprint density at radius 2 is 1.93 bits per heavy atom. The van der Waals surface area contributed by atoms with E-state index < -0.39 is 23.8 Å². The van der Waals surface area contributed by atoms with Crippen molar-refractivity contribution in [3.8, 4) is 5.75 Å². The number of amides is 2. The molecular formula is C30H31BrN4O6. The Kier molecular flexibility index (Phi) is 7.54. The molecule has 1 aliphatic carbocycles. The summed E-state index contributed by atoms with van der Waals surface area (Å²) in [5.41, 5.74) is 3.43. The van der Waals surface area contributed by atoms with Crippen LogP contribution < -0.4 is 4.74 Å². The molecule has 3 aromatic rings. The van der Waals surface area contributed by atoms with Crippen LogP contribution in [0.4, 0.5) is 0 Å². The van der Waals surface area contributed by atoms with E-state index in [9.17, 15) is 19.5 Å². The van der Waals surface area contributed by atoms with Gasteiger partial charge in [-0.05, 0) is 48.6 Å². The quantitative estimate of drug-likeness (QED) is 0.402. The van der Waals surface area contributed by atoms with Crippen LogP contribution in [0.5, 0.6) is 5.75 Å². The summed E-state index contributed by atoms with van der Waals surface area (Å²) in [7, 11) is 0. The van der Waals surface area contributed by atoms with Gasteiger partial charge in [0.1, 0.15) is 5.75 Å². The fraction of sp³-hybridized carbons (Fsp3) is 0.433. The predicted molar refractivity (Wildman–Crippen MR) is 150 cm³/mol. The van der Waals surface area contributed by atoms with Crippen LogP contribution in [-0.2, 0) is 29.2 Å². The minimum atomic E-state index is -0.927. The number of aryl methyl sites for hydroxylation is 1. The van der Waals surface area contributed by atoms with Crippen molar-refractivity contribution < 1.29 is 28.8 Å². The van der Waals surface area contributed by atoms with Crippen LogP contribution in [0.3, 0.4) is 0 Å². The third-order valence-electron chi connectivity index (χ3n) is 8.47. The van der Waals surface area contributed by atoms with Gasteiger partial charge < -0.3 is 24.2 Å². The zero-order valence-corrected chi connectivity index (χ0v) is 24.3. The summed E-state index contributed by atoms with van der Waals surface area (Å²) in [5.74, 6) is -1.09. The molecule has 41 heavy (non-hydrogen) atoms. The number of benzene rings is 2. The Balaban J connectivity index is 1.38. The monoisotopic (exact) mass is 622 g/mol. The molecule has 11 heteroatoms. The van der Waals surface area contributed by atoms with Gasteiger partial charge >= 0.3 is 5.97 Å². The Labute approximate surface area is 245 Å². The van der Waals surface area contributed by atoms with Crippen LogP contribution in [0.2, 0.25) is 0 Å². The molecule has 1 aromatic heterocycles. The number of aromatic nitrogens is 2. The lowest BCUT2D eigenvalue weighted by Crippen LogP contribution is -2.50. The minimum Gasteiger partial charge on any atom is -0.485 e. The third kappa shape index (κ3) is 5.23. The van der Waals surface area contributed by atoms with Gasteiger partial charge in [0.15, 0.2) is 6.61 Å². The first-order chi connectivity index (χ1) is 19.8. The van der Waals surface area contributed by atoms with Crippen molar-refractivity contribution in [2.75, 3.05) is 13.1 Å². The Hall–Kier alpha value is -3.73. The van der Waals surface area contributed by atoms with Crippen LogP contribution >= 0.6 is 15.9 Å². The number of hydrogen-bond acceptors (Lipinski definition) is 7. The lowest BCUT2D eigenvalue weighted by atomic mass is 9.77. The molecule has 214 valence electrons. The van der Waals surface area contributed by atoms with Crippen molar-refractivity contribution in [2.24, 2.45) is 11.8 Å². The maximum atomic E-state index is 14.2.